The molecule has 3 N–H and O–H groups in total. The molecule has 1 saturated heterocycles. The monoisotopic (exact) mass is 261 g/mol. The van der Waals surface area contributed by atoms with E-state index < -0.39 is 6.04 Å². The SMILES string of the molecule is CC1C(=O)NCCN1C(=O)CC(N)c1ccccc1. The fourth-order valence-electron chi connectivity index (χ4n) is 2.25. The van der Waals surface area contributed by atoms with Crippen LogP contribution in [0.15, 0.2) is 30.3 Å². The van der Waals surface area contributed by atoms with Crippen LogP contribution in [0.4, 0.5) is 0 Å². The predicted molar refractivity (Wildman–Crippen MR) is 72.2 cm³/mol. The summed E-state index contributed by atoms with van der Waals surface area (Å²) in [7, 11) is 0. The average Bonchev–Trinajstić information content (AvgIpc) is 2.42. The number of nitrogens with two attached hydrogens (primary N) is 1. The molecule has 2 unspecified atom stereocenters. The van der Waals surface area contributed by atoms with Gasteiger partial charge in [-0.25, -0.2) is 0 Å². The fraction of sp³-hybridized carbons (Fsp3) is 0.429. The smallest absolute Gasteiger partial charge is 0.242 e. The Labute approximate surface area is 112 Å². The van der Waals surface area contributed by atoms with Crippen LogP contribution in [0, 0.1) is 0 Å². The van der Waals surface area contributed by atoms with Crippen molar-refractivity contribution in [2.75, 3.05) is 13.1 Å². The van der Waals surface area contributed by atoms with E-state index in [1.54, 1.807) is 11.8 Å². The van der Waals surface area contributed by atoms with Gasteiger partial charge in [-0.3, -0.25) is 9.59 Å². The molecule has 19 heavy (non-hydrogen) atoms. The second-order valence-electron chi connectivity index (χ2n) is 4.78. The lowest BCUT2D eigenvalue weighted by molar-refractivity contribution is -0.142. The van der Waals surface area contributed by atoms with Crippen molar-refractivity contribution in [1.82, 2.24) is 10.2 Å². The van der Waals surface area contributed by atoms with Crippen molar-refractivity contribution in [3.8, 4) is 0 Å². The van der Waals surface area contributed by atoms with Crippen molar-refractivity contribution in [2.24, 2.45) is 5.73 Å². The van der Waals surface area contributed by atoms with Gasteiger partial charge in [-0.15, -0.1) is 0 Å². The van der Waals surface area contributed by atoms with E-state index in [1.165, 1.54) is 0 Å². The molecule has 102 valence electrons. The number of nitrogens with zero attached hydrogens (tertiary/aromatic N) is 1. The summed E-state index contributed by atoms with van der Waals surface area (Å²) < 4.78 is 0. The highest BCUT2D eigenvalue weighted by atomic mass is 16.2. The number of carbonyl (C=O) groups excluding carboxylic acids is 2. The molecular weight excluding hydrogens is 242 g/mol. The Bertz CT molecular complexity index is 461. The first-order chi connectivity index (χ1) is 9.09. The van der Waals surface area contributed by atoms with Crippen molar-refractivity contribution in [3.05, 3.63) is 35.9 Å². The molecule has 1 fully saturated rings. The third kappa shape index (κ3) is 3.12. The van der Waals surface area contributed by atoms with Gasteiger partial charge in [-0.1, -0.05) is 30.3 Å². The highest BCUT2D eigenvalue weighted by Crippen LogP contribution is 2.16. The lowest BCUT2D eigenvalue weighted by Gasteiger charge is -2.33. The van der Waals surface area contributed by atoms with Crippen LogP contribution in [-0.4, -0.2) is 35.8 Å². The first-order valence-corrected chi connectivity index (χ1v) is 6.47. The van der Waals surface area contributed by atoms with Gasteiger partial charge in [-0.05, 0) is 12.5 Å². The summed E-state index contributed by atoms with van der Waals surface area (Å²) in [6.45, 7) is 2.79. The number of nitrogens with one attached hydrogen (secondary N) is 1. The average molecular weight is 261 g/mol. The zero-order valence-electron chi connectivity index (χ0n) is 11.0. The van der Waals surface area contributed by atoms with E-state index >= 15 is 0 Å². The van der Waals surface area contributed by atoms with E-state index in [-0.39, 0.29) is 24.3 Å². The van der Waals surface area contributed by atoms with Gasteiger partial charge in [0.15, 0.2) is 0 Å². The van der Waals surface area contributed by atoms with E-state index in [9.17, 15) is 9.59 Å². The number of piperazine rings is 1. The van der Waals surface area contributed by atoms with Crippen molar-refractivity contribution in [1.29, 1.82) is 0 Å². The lowest BCUT2D eigenvalue weighted by Crippen LogP contribution is -2.56. The molecule has 0 spiro atoms. The maximum atomic E-state index is 12.2. The van der Waals surface area contributed by atoms with E-state index in [2.05, 4.69) is 5.32 Å². The predicted octanol–water partition coefficient (Wildman–Crippen LogP) is 0.423. The van der Waals surface area contributed by atoms with Crippen LogP contribution in [0.2, 0.25) is 0 Å². The fourth-order valence-corrected chi connectivity index (χ4v) is 2.25. The van der Waals surface area contributed by atoms with Crippen LogP contribution in [0.1, 0.15) is 24.9 Å². The summed E-state index contributed by atoms with van der Waals surface area (Å²) in [5.41, 5.74) is 6.97. The first-order valence-electron chi connectivity index (χ1n) is 6.47. The number of rotatable bonds is 3. The van der Waals surface area contributed by atoms with Gasteiger partial charge >= 0.3 is 0 Å². The zero-order chi connectivity index (χ0) is 13.8. The zero-order valence-corrected chi connectivity index (χ0v) is 11.0. The van der Waals surface area contributed by atoms with E-state index in [0.29, 0.717) is 13.1 Å². The molecule has 1 aliphatic rings. The number of benzene rings is 1. The Balaban J connectivity index is 1.99. The van der Waals surface area contributed by atoms with E-state index in [4.69, 9.17) is 5.73 Å². The van der Waals surface area contributed by atoms with Gasteiger partial charge in [-0.2, -0.15) is 0 Å². The van der Waals surface area contributed by atoms with Crippen molar-refractivity contribution >= 4 is 11.8 Å². The third-order valence-corrected chi connectivity index (χ3v) is 3.44. The summed E-state index contributed by atoms with van der Waals surface area (Å²) in [5.74, 6) is -0.174. The number of carbonyl (C=O) groups is 2. The largest absolute Gasteiger partial charge is 0.353 e. The topological polar surface area (TPSA) is 75.4 Å². The molecule has 5 heteroatoms. The minimum atomic E-state index is -0.413. The van der Waals surface area contributed by atoms with Crippen molar-refractivity contribution in [3.63, 3.8) is 0 Å². The van der Waals surface area contributed by atoms with Gasteiger partial charge in [0.25, 0.3) is 0 Å². The molecule has 0 aromatic heterocycles. The molecule has 2 rings (SSSR count). The van der Waals surface area contributed by atoms with Crippen LogP contribution < -0.4 is 11.1 Å². The quantitative estimate of drug-likeness (QED) is 0.828. The van der Waals surface area contributed by atoms with Crippen LogP contribution in [0.5, 0.6) is 0 Å². The van der Waals surface area contributed by atoms with Gasteiger partial charge in [0.2, 0.25) is 11.8 Å². The van der Waals surface area contributed by atoms with E-state index in [0.717, 1.165) is 5.56 Å². The summed E-state index contributed by atoms with van der Waals surface area (Å²) in [4.78, 5) is 25.3. The molecular formula is C14H19N3O2. The van der Waals surface area contributed by atoms with Gasteiger partial charge in [0, 0.05) is 25.6 Å². The molecule has 2 atom stereocenters. The maximum Gasteiger partial charge on any atom is 0.242 e. The Morgan fingerprint density at radius 1 is 1.47 bits per heavy atom. The standard InChI is InChI=1S/C14H19N3O2/c1-10-14(19)16-7-8-17(10)13(18)9-12(15)11-5-3-2-4-6-11/h2-6,10,12H,7-9,15H2,1H3,(H,16,19). The van der Waals surface area contributed by atoms with Gasteiger partial charge < -0.3 is 16.0 Å². The second kappa shape index (κ2) is 5.84. The third-order valence-electron chi connectivity index (χ3n) is 3.44. The number of hydrogen-bond acceptors (Lipinski definition) is 3. The molecule has 1 aromatic rings. The van der Waals surface area contributed by atoms with E-state index in [1.807, 2.05) is 30.3 Å². The summed E-state index contributed by atoms with van der Waals surface area (Å²) >= 11 is 0. The molecule has 0 radical (unpaired) electrons. The normalized spacial score (nSPS) is 20.8. The lowest BCUT2D eigenvalue weighted by atomic mass is 10.0. The number of amides is 2. The summed E-state index contributed by atoms with van der Waals surface area (Å²) in [6.07, 6.45) is 0.224. The summed E-state index contributed by atoms with van der Waals surface area (Å²) in [6, 6.07) is 8.78. The molecule has 0 saturated carbocycles. The van der Waals surface area contributed by atoms with Crippen LogP contribution in [0.25, 0.3) is 0 Å². The summed E-state index contributed by atoms with van der Waals surface area (Å²) in [5, 5.41) is 2.74. The first kappa shape index (κ1) is 13.5. The highest BCUT2D eigenvalue weighted by Gasteiger charge is 2.29. The van der Waals surface area contributed by atoms with Crippen LogP contribution in [0.3, 0.4) is 0 Å². The minimum absolute atomic E-state index is 0.0706. The minimum Gasteiger partial charge on any atom is -0.353 e. The highest BCUT2D eigenvalue weighted by molar-refractivity contribution is 5.88. The molecule has 1 aromatic carbocycles. The maximum absolute atomic E-state index is 12.2. The Morgan fingerprint density at radius 2 is 2.16 bits per heavy atom. The molecule has 1 aliphatic heterocycles. The molecule has 2 amide bonds. The number of hydrogen-bond donors (Lipinski definition) is 2. The van der Waals surface area contributed by atoms with Crippen molar-refractivity contribution in [2.45, 2.75) is 25.4 Å². The van der Waals surface area contributed by atoms with Crippen LogP contribution >= 0.6 is 0 Å². The van der Waals surface area contributed by atoms with Gasteiger partial charge in [0.05, 0.1) is 0 Å². The Morgan fingerprint density at radius 3 is 2.84 bits per heavy atom. The molecule has 0 aliphatic carbocycles. The van der Waals surface area contributed by atoms with Gasteiger partial charge in [0.1, 0.15) is 6.04 Å². The molecule has 0 bridgehead atoms. The van der Waals surface area contributed by atoms with Crippen LogP contribution in [-0.2, 0) is 9.59 Å². The molecule has 5 nitrogen and oxygen atoms in total. The Kier molecular flexibility index (Phi) is 4.16. The van der Waals surface area contributed by atoms with Crippen molar-refractivity contribution < 1.29 is 9.59 Å². The second-order valence-corrected chi connectivity index (χ2v) is 4.78. The molecule has 1 heterocycles. The Hall–Kier alpha value is -1.88.